The average molecular weight is 365 g/mol. The largest absolute Gasteiger partial charge is 0.369 e. The third kappa shape index (κ3) is 4.05. The number of hydrogen-bond donors (Lipinski definition) is 2. The highest BCUT2D eigenvalue weighted by atomic mass is 16.1. The van der Waals surface area contributed by atoms with Crippen molar-refractivity contribution in [2.75, 3.05) is 11.9 Å². The van der Waals surface area contributed by atoms with Crippen molar-refractivity contribution in [3.63, 3.8) is 0 Å². The van der Waals surface area contributed by atoms with Gasteiger partial charge in [0.25, 0.3) is 5.78 Å². The predicted octanol–water partition coefficient (Wildman–Crippen LogP) is 2.36. The van der Waals surface area contributed by atoms with Gasteiger partial charge in [0.2, 0.25) is 5.91 Å². The fourth-order valence-electron chi connectivity index (χ4n) is 3.40. The molecule has 0 saturated heterocycles. The highest BCUT2D eigenvalue weighted by Gasteiger charge is 2.17. The summed E-state index contributed by atoms with van der Waals surface area (Å²) in [5.74, 6) is 1.95. The van der Waals surface area contributed by atoms with Crippen LogP contribution in [0.25, 0.3) is 17.2 Å². The van der Waals surface area contributed by atoms with Gasteiger partial charge in [-0.2, -0.15) is 9.50 Å². The normalized spacial score (nSPS) is 14.6. The van der Waals surface area contributed by atoms with Crippen molar-refractivity contribution in [2.45, 2.75) is 45.1 Å². The van der Waals surface area contributed by atoms with Crippen molar-refractivity contribution in [1.82, 2.24) is 29.9 Å². The van der Waals surface area contributed by atoms with Crippen molar-refractivity contribution in [2.24, 2.45) is 0 Å². The van der Waals surface area contributed by atoms with Crippen LogP contribution < -0.4 is 10.6 Å². The van der Waals surface area contributed by atoms with Crippen LogP contribution in [0, 0.1) is 6.92 Å². The van der Waals surface area contributed by atoms with E-state index in [1.165, 1.54) is 12.8 Å². The van der Waals surface area contributed by atoms with Crippen molar-refractivity contribution in [3.8, 4) is 11.4 Å². The molecule has 0 unspecified atom stereocenters. The summed E-state index contributed by atoms with van der Waals surface area (Å²) < 4.78 is 1.67. The second kappa shape index (κ2) is 7.69. The topological polar surface area (TPSA) is 97.1 Å². The molecule has 0 aliphatic heterocycles. The molecule has 8 heteroatoms. The lowest BCUT2D eigenvalue weighted by Crippen LogP contribution is -2.33. The molecule has 3 aromatic rings. The van der Waals surface area contributed by atoms with Crippen LogP contribution in [0.15, 0.2) is 30.6 Å². The number of carbonyl (C=O) groups is 1. The molecule has 0 atom stereocenters. The molecule has 3 aromatic heterocycles. The molecule has 1 fully saturated rings. The Morgan fingerprint density at radius 2 is 2.15 bits per heavy atom. The van der Waals surface area contributed by atoms with Crippen molar-refractivity contribution >= 4 is 17.5 Å². The Labute approximate surface area is 157 Å². The Kier molecular flexibility index (Phi) is 4.95. The molecule has 140 valence electrons. The maximum atomic E-state index is 12.1. The van der Waals surface area contributed by atoms with Crippen molar-refractivity contribution < 1.29 is 4.79 Å². The SMILES string of the molecule is Cc1cc(NCCC(=O)NC2CCCC2)n2nc(-c3cccnc3)nc2n1. The van der Waals surface area contributed by atoms with Gasteiger partial charge in [-0.25, -0.2) is 4.98 Å². The minimum absolute atomic E-state index is 0.0889. The number of fused-ring (bicyclic) bond motifs is 1. The number of nitrogens with zero attached hydrogens (tertiary/aromatic N) is 5. The summed E-state index contributed by atoms with van der Waals surface area (Å²) in [6, 6.07) is 6.02. The van der Waals surface area contributed by atoms with E-state index >= 15 is 0 Å². The van der Waals surface area contributed by atoms with Gasteiger partial charge in [-0.1, -0.05) is 12.8 Å². The number of carbonyl (C=O) groups excluding carboxylic acids is 1. The van der Waals surface area contributed by atoms with E-state index in [0.29, 0.717) is 30.6 Å². The van der Waals surface area contributed by atoms with Gasteiger partial charge in [-0.3, -0.25) is 9.78 Å². The van der Waals surface area contributed by atoms with E-state index in [1.807, 2.05) is 25.1 Å². The number of hydrogen-bond acceptors (Lipinski definition) is 6. The summed E-state index contributed by atoms with van der Waals surface area (Å²) in [5, 5.41) is 10.9. The fraction of sp³-hybridized carbons (Fsp3) is 0.421. The Balaban J connectivity index is 1.46. The maximum Gasteiger partial charge on any atom is 0.254 e. The number of amides is 1. The van der Waals surface area contributed by atoms with Crippen LogP contribution in [0.1, 0.15) is 37.8 Å². The minimum Gasteiger partial charge on any atom is -0.369 e. The van der Waals surface area contributed by atoms with Crippen LogP contribution in [0.2, 0.25) is 0 Å². The zero-order chi connectivity index (χ0) is 18.6. The summed E-state index contributed by atoms with van der Waals surface area (Å²) in [6.07, 6.45) is 8.47. The molecule has 1 saturated carbocycles. The van der Waals surface area contributed by atoms with Crippen LogP contribution >= 0.6 is 0 Å². The molecule has 0 bridgehead atoms. The number of rotatable bonds is 6. The Morgan fingerprint density at radius 1 is 1.30 bits per heavy atom. The van der Waals surface area contributed by atoms with Gasteiger partial charge < -0.3 is 10.6 Å². The summed E-state index contributed by atoms with van der Waals surface area (Å²) >= 11 is 0. The van der Waals surface area contributed by atoms with Gasteiger partial charge in [-0.05, 0) is 31.9 Å². The number of pyridine rings is 1. The lowest BCUT2D eigenvalue weighted by molar-refractivity contribution is -0.121. The first-order valence-corrected chi connectivity index (χ1v) is 9.37. The third-order valence-electron chi connectivity index (χ3n) is 4.74. The Hall–Kier alpha value is -3.03. The number of anilines is 1. The summed E-state index contributed by atoms with van der Waals surface area (Å²) in [5.41, 5.74) is 1.67. The lowest BCUT2D eigenvalue weighted by atomic mass is 10.2. The molecule has 3 heterocycles. The van der Waals surface area contributed by atoms with Crippen molar-refractivity contribution in [1.29, 1.82) is 0 Å². The monoisotopic (exact) mass is 365 g/mol. The number of nitrogens with one attached hydrogen (secondary N) is 2. The summed E-state index contributed by atoms with van der Waals surface area (Å²) in [6.45, 7) is 2.44. The molecule has 27 heavy (non-hydrogen) atoms. The smallest absolute Gasteiger partial charge is 0.254 e. The zero-order valence-corrected chi connectivity index (χ0v) is 15.4. The second-order valence-electron chi connectivity index (χ2n) is 6.90. The van der Waals surface area contributed by atoms with Gasteiger partial charge in [0.05, 0.1) is 0 Å². The molecular weight excluding hydrogens is 342 g/mol. The van der Waals surface area contributed by atoms with Gasteiger partial charge in [0, 0.05) is 48.7 Å². The molecule has 1 aliphatic rings. The molecule has 8 nitrogen and oxygen atoms in total. The second-order valence-corrected chi connectivity index (χ2v) is 6.90. The Bertz CT molecular complexity index is 932. The van der Waals surface area contributed by atoms with E-state index in [-0.39, 0.29) is 5.91 Å². The summed E-state index contributed by atoms with van der Waals surface area (Å²) in [4.78, 5) is 25.2. The van der Waals surface area contributed by atoms with Gasteiger partial charge in [0.15, 0.2) is 5.82 Å². The predicted molar refractivity (Wildman–Crippen MR) is 102 cm³/mol. The van der Waals surface area contributed by atoms with E-state index in [4.69, 9.17) is 0 Å². The molecule has 1 amide bonds. The molecule has 0 spiro atoms. The van der Waals surface area contributed by atoms with Crippen molar-refractivity contribution in [3.05, 3.63) is 36.3 Å². The van der Waals surface area contributed by atoms with E-state index in [1.54, 1.807) is 16.9 Å². The van der Waals surface area contributed by atoms with Crippen LogP contribution in [-0.2, 0) is 4.79 Å². The van der Waals surface area contributed by atoms with Crippen LogP contribution in [0.5, 0.6) is 0 Å². The van der Waals surface area contributed by atoms with Gasteiger partial charge >= 0.3 is 0 Å². The van der Waals surface area contributed by atoms with Crippen LogP contribution in [0.3, 0.4) is 0 Å². The van der Waals surface area contributed by atoms with Gasteiger partial charge in [-0.15, -0.1) is 5.10 Å². The highest BCUT2D eigenvalue weighted by molar-refractivity contribution is 5.76. The quantitative estimate of drug-likeness (QED) is 0.696. The van der Waals surface area contributed by atoms with E-state index in [2.05, 4.69) is 30.7 Å². The van der Waals surface area contributed by atoms with E-state index in [0.717, 1.165) is 29.9 Å². The number of aryl methyl sites for hydroxylation is 1. The fourth-order valence-corrected chi connectivity index (χ4v) is 3.40. The molecule has 2 N–H and O–H groups in total. The molecule has 1 aliphatic carbocycles. The first-order valence-electron chi connectivity index (χ1n) is 9.37. The highest BCUT2D eigenvalue weighted by Crippen LogP contribution is 2.19. The zero-order valence-electron chi connectivity index (χ0n) is 15.4. The molecule has 0 radical (unpaired) electrons. The maximum absolute atomic E-state index is 12.1. The first kappa shape index (κ1) is 17.4. The third-order valence-corrected chi connectivity index (χ3v) is 4.74. The Morgan fingerprint density at radius 3 is 2.93 bits per heavy atom. The summed E-state index contributed by atoms with van der Waals surface area (Å²) in [7, 11) is 0. The van der Waals surface area contributed by atoms with Crippen LogP contribution in [-0.4, -0.2) is 43.1 Å². The molecule has 0 aromatic carbocycles. The average Bonchev–Trinajstić information content (AvgIpc) is 3.32. The molecule has 4 rings (SSSR count). The standard InChI is InChI=1S/C19H23N7O/c1-13-11-16(21-10-8-17(27)23-15-6-2-3-7-15)26-19(22-13)24-18(25-26)14-5-4-9-20-12-14/h4-5,9,11-12,15,21H,2-3,6-8,10H2,1H3,(H,23,27). The van der Waals surface area contributed by atoms with E-state index < -0.39 is 0 Å². The first-order chi connectivity index (χ1) is 13.2. The van der Waals surface area contributed by atoms with Crippen LogP contribution in [0.4, 0.5) is 5.82 Å². The van der Waals surface area contributed by atoms with Gasteiger partial charge in [0.1, 0.15) is 5.82 Å². The van der Waals surface area contributed by atoms with E-state index in [9.17, 15) is 4.79 Å². The lowest BCUT2D eigenvalue weighted by Gasteiger charge is -2.12. The molecular formula is C19H23N7O. The minimum atomic E-state index is 0.0889. The number of aromatic nitrogens is 5.